The highest BCUT2D eigenvalue weighted by Crippen LogP contribution is 2.37. The third-order valence-electron chi connectivity index (χ3n) is 4.84. The molecule has 1 fully saturated rings. The van der Waals surface area contributed by atoms with Crippen LogP contribution in [0.15, 0.2) is 30.7 Å². The molecule has 2 heterocycles. The van der Waals surface area contributed by atoms with E-state index in [-0.39, 0.29) is 11.6 Å². The number of carbonyl (C=O) groups excluding carboxylic acids is 2. The summed E-state index contributed by atoms with van der Waals surface area (Å²) in [6.45, 7) is 3.63. The predicted molar refractivity (Wildman–Crippen MR) is 104 cm³/mol. The van der Waals surface area contributed by atoms with Crippen LogP contribution in [0.1, 0.15) is 40.6 Å². The molecule has 0 radical (unpaired) electrons. The normalized spacial score (nSPS) is 14.5. The number of nitrogens with one attached hydrogen (secondary N) is 1. The lowest BCUT2D eigenvalue weighted by Crippen LogP contribution is -2.38. The molecule has 2 amide bonds. The summed E-state index contributed by atoms with van der Waals surface area (Å²) in [5, 5.41) is 2.74. The third-order valence-corrected chi connectivity index (χ3v) is 4.84. The summed E-state index contributed by atoms with van der Waals surface area (Å²) in [4.78, 5) is 35.2. The van der Waals surface area contributed by atoms with Crippen LogP contribution in [0.5, 0.6) is 11.5 Å². The lowest BCUT2D eigenvalue weighted by Gasteiger charge is -2.30. The maximum absolute atomic E-state index is 13.0. The molecule has 0 spiro atoms. The quantitative estimate of drug-likeness (QED) is 0.852. The first-order chi connectivity index (χ1) is 13.5. The largest absolute Gasteiger partial charge is 0.493 e. The van der Waals surface area contributed by atoms with E-state index >= 15 is 0 Å². The summed E-state index contributed by atoms with van der Waals surface area (Å²) in [7, 11) is 2.96. The summed E-state index contributed by atoms with van der Waals surface area (Å²) in [5.41, 5.74) is 0.929. The maximum atomic E-state index is 13.0. The molecule has 0 saturated carbocycles. The van der Waals surface area contributed by atoms with Crippen LogP contribution in [-0.2, 0) is 0 Å². The number of benzene rings is 1. The van der Waals surface area contributed by atoms with Crippen LogP contribution in [0.4, 0.5) is 5.69 Å². The van der Waals surface area contributed by atoms with Gasteiger partial charge in [0.05, 0.1) is 26.1 Å². The van der Waals surface area contributed by atoms with E-state index in [1.54, 1.807) is 12.1 Å². The van der Waals surface area contributed by atoms with Crippen molar-refractivity contribution in [3.8, 4) is 11.5 Å². The van der Waals surface area contributed by atoms with Crippen LogP contribution in [0.2, 0.25) is 0 Å². The molecule has 1 aliphatic rings. The second kappa shape index (κ2) is 8.69. The van der Waals surface area contributed by atoms with Gasteiger partial charge in [-0.05, 0) is 30.9 Å². The molecule has 0 aliphatic carbocycles. The first kappa shape index (κ1) is 19.6. The Kier molecular flexibility index (Phi) is 6.08. The molecule has 0 unspecified atom stereocenters. The first-order valence-corrected chi connectivity index (χ1v) is 9.16. The molecule has 8 heteroatoms. The minimum Gasteiger partial charge on any atom is -0.493 e. The third kappa shape index (κ3) is 4.21. The number of carbonyl (C=O) groups is 2. The highest BCUT2D eigenvalue weighted by molar-refractivity contribution is 6.05. The van der Waals surface area contributed by atoms with E-state index in [0.717, 1.165) is 25.9 Å². The number of anilines is 1. The molecule has 28 heavy (non-hydrogen) atoms. The summed E-state index contributed by atoms with van der Waals surface area (Å²) in [5.74, 6) is 0.778. The maximum Gasteiger partial charge on any atom is 0.275 e. The zero-order valence-electron chi connectivity index (χ0n) is 16.3. The number of aromatic nitrogens is 2. The van der Waals surface area contributed by atoms with Gasteiger partial charge in [-0.15, -0.1) is 0 Å². The van der Waals surface area contributed by atoms with Crippen LogP contribution in [0.25, 0.3) is 0 Å². The van der Waals surface area contributed by atoms with Crippen molar-refractivity contribution in [1.82, 2.24) is 14.9 Å². The Morgan fingerprint density at radius 3 is 2.50 bits per heavy atom. The van der Waals surface area contributed by atoms with Crippen LogP contribution in [-0.4, -0.2) is 54.0 Å². The predicted octanol–water partition coefficient (Wildman–Crippen LogP) is 2.62. The van der Waals surface area contributed by atoms with Crippen molar-refractivity contribution in [1.29, 1.82) is 0 Å². The zero-order chi connectivity index (χ0) is 20.1. The monoisotopic (exact) mass is 384 g/mol. The van der Waals surface area contributed by atoms with Gasteiger partial charge in [-0.25, -0.2) is 4.98 Å². The lowest BCUT2D eigenvalue weighted by atomic mass is 9.98. The van der Waals surface area contributed by atoms with E-state index < -0.39 is 5.91 Å². The number of nitrogens with zero attached hydrogens (tertiary/aromatic N) is 3. The zero-order valence-corrected chi connectivity index (χ0v) is 16.3. The number of piperidine rings is 1. The fraction of sp³-hybridized carbons (Fsp3) is 0.400. The van der Waals surface area contributed by atoms with Gasteiger partial charge in [0.2, 0.25) is 0 Å². The van der Waals surface area contributed by atoms with Crippen LogP contribution < -0.4 is 14.8 Å². The van der Waals surface area contributed by atoms with Crippen molar-refractivity contribution in [3.05, 3.63) is 42.0 Å². The van der Waals surface area contributed by atoms with E-state index in [2.05, 4.69) is 22.2 Å². The molecule has 1 aromatic carbocycles. The number of rotatable bonds is 5. The molecule has 1 saturated heterocycles. The van der Waals surface area contributed by atoms with Gasteiger partial charge in [0.15, 0.2) is 11.5 Å². The van der Waals surface area contributed by atoms with Crippen molar-refractivity contribution in [2.45, 2.75) is 19.8 Å². The molecule has 3 rings (SSSR count). The van der Waals surface area contributed by atoms with E-state index in [1.165, 1.54) is 32.8 Å². The van der Waals surface area contributed by atoms with Crippen molar-refractivity contribution >= 4 is 17.5 Å². The molecule has 1 N–H and O–H groups in total. The molecule has 1 aromatic heterocycles. The van der Waals surface area contributed by atoms with E-state index in [0.29, 0.717) is 28.7 Å². The Bertz CT molecular complexity index is 849. The van der Waals surface area contributed by atoms with Gasteiger partial charge < -0.3 is 19.7 Å². The molecule has 0 bridgehead atoms. The van der Waals surface area contributed by atoms with Gasteiger partial charge in [-0.2, -0.15) is 0 Å². The van der Waals surface area contributed by atoms with Crippen molar-refractivity contribution in [3.63, 3.8) is 0 Å². The SMILES string of the molecule is COc1cc(C(=O)N2CCC(C)CC2)cc(NC(=O)c2cnccn2)c1OC. The van der Waals surface area contributed by atoms with E-state index in [4.69, 9.17) is 9.47 Å². The van der Waals surface area contributed by atoms with Crippen molar-refractivity contribution in [2.24, 2.45) is 5.92 Å². The summed E-state index contributed by atoms with van der Waals surface area (Å²) >= 11 is 0. The second-order valence-electron chi connectivity index (χ2n) is 6.78. The van der Waals surface area contributed by atoms with Crippen LogP contribution in [0, 0.1) is 5.92 Å². The van der Waals surface area contributed by atoms with Crippen molar-refractivity contribution < 1.29 is 19.1 Å². The molecular formula is C20H24N4O4. The van der Waals surface area contributed by atoms with Gasteiger partial charge in [-0.1, -0.05) is 6.92 Å². The number of likely N-dealkylation sites (tertiary alicyclic amines) is 1. The fourth-order valence-electron chi connectivity index (χ4n) is 3.18. The van der Waals surface area contributed by atoms with Crippen LogP contribution in [0.3, 0.4) is 0 Å². The van der Waals surface area contributed by atoms with Crippen molar-refractivity contribution in [2.75, 3.05) is 32.6 Å². The minimum atomic E-state index is -0.454. The Labute approximate surface area is 163 Å². The molecule has 1 aliphatic heterocycles. The first-order valence-electron chi connectivity index (χ1n) is 9.16. The smallest absolute Gasteiger partial charge is 0.275 e. The number of amides is 2. The minimum absolute atomic E-state index is 0.0946. The lowest BCUT2D eigenvalue weighted by molar-refractivity contribution is 0.0696. The summed E-state index contributed by atoms with van der Waals surface area (Å²) < 4.78 is 10.8. The molecule has 8 nitrogen and oxygen atoms in total. The standard InChI is InChI=1S/C20H24N4O4/c1-13-4-8-24(9-5-13)20(26)14-10-15(18(28-3)17(11-14)27-2)23-19(25)16-12-21-6-7-22-16/h6-7,10-13H,4-5,8-9H2,1-3H3,(H,23,25). The van der Waals surface area contributed by atoms with Gasteiger partial charge in [0.25, 0.3) is 11.8 Å². The average Bonchev–Trinajstić information content (AvgIpc) is 2.73. The Balaban J connectivity index is 1.91. The molecule has 0 atom stereocenters. The Morgan fingerprint density at radius 1 is 1.14 bits per heavy atom. The summed E-state index contributed by atoms with van der Waals surface area (Å²) in [6, 6.07) is 3.24. The van der Waals surface area contributed by atoms with Gasteiger partial charge in [0.1, 0.15) is 5.69 Å². The van der Waals surface area contributed by atoms with Gasteiger partial charge in [-0.3, -0.25) is 14.6 Å². The highest BCUT2D eigenvalue weighted by Gasteiger charge is 2.24. The van der Waals surface area contributed by atoms with E-state index in [1.807, 2.05) is 4.90 Å². The number of hydrogen-bond donors (Lipinski definition) is 1. The highest BCUT2D eigenvalue weighted by atomic mass is 16.5. The van der Waals surface area contributed by atoms with Gasteiger partial charge in [0, 0.05) is 31.0 Å². The second-order valence-corrected chi connectivity index (χ2v) is 6.78. The van der Waals surface area contributed by atoms with Gasteiger partial charge >= 0.3 is 0 Å². The number of hydrogen-bond acceptors (Lipinski definition) is 6. The number of ether oxygens (including phenoxy) is 2. The van der Waals surface area contributed by atoms with Crippen LogP contribution >= 0.6 is 0 Å². The average molecular weight is 384 g/mol. The summed E-state index contributed by atoms with van der Waals surface area (Å²) in [6.07, 6.45) is 6.25. The Hall–Kier alpha value is -3.16. The molecule has 148 valence electrons. The fourth-order valence-corrected chi connectivity index (χ4v) is 3.18. The Morgan fingerprint density at radius 2 is 1.89 bits per heavy atom. The molecular weight excluding hydrogens is 360 g/mol. The topological polar surface area (TPSA) is 93.7 Å². The number of methoxy groups -OCH3 is 2. The van der Waals surface area contributed by atoms with E-state index in [9.17, 15) is 9.59 Å². The molecule has 2 aromatic rings.